The Kier molecular flexibility index (Phi) is 7.74. The van der Waals surface area contributed by atoms with E-state index < -0.39 is 0 Å². The molecule has 3 N–H and O–H groups in total. The average Bonchev–Trinajstić information content (AvgIpc) is 3.67. The van der Waals surface area contributed by atoms with Gasteiger partial charge in [-0.05, 0) is 73.3 Å². The first-order chi connectivity index (χ1) is 18.4. The number of benzene rings is 3. The predicted molar refractivity (Wildman–Crippen MR) is 148 cm³/mol. The molecule has 0 bridgehead atoms. The van der Waals surface area contributed by atoms with Gasteiger partial charge in [-0.25, -0.2) is 4.39 Å². The van der Waals surface area contributed by atoms with E-state index in [1.54, 1.807) is 19.1 Å². The Morgan fingerprint density at radius 3 is 2.42 bits per heavy atom. The molecule has 1 heterocycles. The van der Waals surface area contributed by atoms with E-state index in [4.69, 9.17) is 5.73 Å². The van der Waals surface area contributed by atoms with Crippen LogP contribution in [0.25, 0.3) is 0 Å². The summed E-state index contributed by atoms with van der Waals surface area (Å²) in [6.07, 6.45) is 2.96. The number of likely N-dealkylation sites (tertiary alicyclic amines) is 1. The summed E-state index contributed by atoms with van der Waals surface area (Å²) in [6, 6.07) is 21.9. The predicted octanol–water partition coefficient (Wildman–Crippen LogP) is 4.93. The van der Waals surface area contributed by atoms with Gasteiger partial charge in [0.05, 0.1) is 11.4 Å². The van der Waals surface area contributed by atoms with Crippen LogP contribution in [0.3, 0.4) is 0 Å². The molecule has 1 saturated heterocycles. The summed E-state index contributed by atoms with van der Waals surface area (Å²) < 4.78 is 13.2. The van der Waals surface area contributed by atoms with Crippen LogP contribution in [0.5, 0.6) is 0 Å². The van der Waals surface area contributed by atoms with Crippen molar-refractivity contribution in [1.82, 2.24) is 9.80 Å². The monoisotopic (exact) mass is 514 g/mol. The minimum atomic E-state index is -0.224. The fourth-order valence-electron chi connectivity index (χ4n) is 5.48. The molecule has 0 spiro atoms. The molecular weight excluding hydrogens is 479 g/mol. The Hall–Kier alpha value is -3.71. The van der Waals surface area contributed by atoms with Gasteiger partial charge in [0.1, 0.15) is 5.82 Å². The molecule has 3 aromatic rings. The molecule has 0 aromatic heterocycles. The van der Waals surface area contributed by atoms with Gasteiger partial charge >= 0.3 is 0 Å². The summed E-state index contributed by atoms with van der Waals surface area (Å²) in [4.78, 5) is 29.3. The van der Waals surface area contributed by atoms with Crippen molar-refractivity contribution in [2.75, 3.05) is 37.2 Å². The molecular formula is C31H35FN4O2. The largest absolute Gasteiger partial charge is 0.397 e. The molecule has 2 fully saturated rings. The molecule has 5 rings (SSSR count). The van der Waals surface area contributed by atoms with Crippen LogP contribution in [0.4, 0.5) is 15.8 Å². The number of para-hydroxylation sites is 2. The van der Waals surface area contributed by atoms with Crippen LogP contribution in [-0.2, 0) is 11.2 Å². The fraction of sp³-hybridized carbons (Fsp3) is 0.355. The summed E-state index contributed by atoms with van der Waals surface area (Å²) in [6.45, 7) is 5.50. The van der Waals surface area contributed by atoms with Crippen molar-refractivity contribution in [2.45, 2.75) is 38.1 Å². The minimum Gasteiger partial charge on any atom is -0.397 e. The number of amides is 2. The quantitative estimate of drug-likeness (QED) is 0.376. The number of aryl methyl sites for hydroxylation is 1. The fourth-order valence-corrected chi connectivity index (χ4v) is 5.48. The van der Waals surface area contributed by atoms with Crippen molar-refractivity contribution in [2.24, 2.45) is 5.92 Å². The Balaban J connectivity index is 1.02. The topological polar surface area (TPSA) is 78.7 Å². The number of nitrogens with two attached hydrogens (primary N) is 1. The maximum atomic E-state index is 13.2. The first kappa shape index (κ1) is 25.9. The summed E-state index contributed by atoms with van der Waals surface area (Å²) in [7, 11) is 0. The lowest BCUT2D eigenvalue weighted by atomic mass is 9.98. The molecule has 198 valence electrons. The molecule has 7 heteroatoms. The third kappa shape index (κ3) is 6.22. The van der Waals surface area contributed by atoms with E-state index in [2.05, 4.69) is 10.2 Å². The molecule has 2 unspecified atom stereocenters. The standard InChI is InChI=1S/C31H35FN4O2/c1-21(37)36(30-17-27(30)24-12-14-26(32)15-13-24)20-23-18-35(19-23)16-4-5-22-8-10-25(11-9-22)31(38)34-29-7-3-2-6-28(29)33/h2-3,6-15,23,27,30H,4-5,16-20,33H2,1H3,(H,34,38). The van der Waals surface area contributed by atoms with Gasteiger partial charge in [0.25, 0.3) is 5.91 Å². The number of hydrogen-bond donors (Lipinski definition) is 2. The third-order valence-corrected chi connectivity index (χ3v) is 7.71. The Labute approximate surface area is 223 Å². The lowest BCUT2D eigenvalue weighted by Crippen LogP contribution is -2.52. The lowest BCUT2D eigenvalue weighted by Gasteiger charge is -2.42. The third-order valence-electron chi connectivity index (χ3n) is 7.71. The number of carbonyl (C=O) groups is 2. The van der Waals surface area contributed by atoms with E-state index in [0.717, 1.165) is 51.0 Å². The number of nitrogen functional groups attached to an aromatic ring is 1. The molecule has 1 aliphatic heterocycles. The second-order valence-electron chi connectivity index (χ2n) is 10.6. The molecule has 1 aliphatic carbocycles. The molecule has 2 aliphatic rings. The van der Waals surface area contributed by atoms with Crippen molar-refractivity contribution in [1.29, 1.82) is 0 Å². The van der Waals surface area contributed by atoms with Crippen LogP contribution in [0.2, 0.25) is 0 Å². The van der Waals surface area contributed by atoms with E-state index in [9.17, 15) is 14.0 Å². The Morgan fingerprint density at radius 2 is 1.74 bits per heavy atom. The maximum Gasteiger partial charge on any atom is 0.255 e. The van der Waals surface area contributed by atoms with Gasteiger partial charge in [-0.2, -0.15) is 0 Å². The highest BCUT2D eigenvalue weighted by molar-refractivity contribution is 6.05. The molecule has 0 radical (unpaired) electrons. The summed E-state index contributed by atoms with van der Waals surface area (Å²) in [5.74, 6) is 0.561. The van der Waals surface area contributed by atoms with Crippen LogP contribution in [0, 0.1) is 11.7 Å². The first-order valence-electron chi connectivity index (χ1n) is 13.4. The van der Waals surface area contributed by atoms with Crippen LogP contribution in [0.15, 0.2) is 72.8 Å². The zero-order chi connectivity index (χ0) is 26.6. The van der Waals surface area contributed by atoms with Crippen LogP contribution in [0.1, 0.15) is 47.2 Å². The molecule has 3 aromatic carbocycles. The number of hydrogen-bond acceptors (Lipinski definition) is 4. The highest BCUT2D eigenvalue weighted by Crippen LogP contribution is 2.45. The summed E-state index contributed by atoms with van der Waals surface area (Å²) in [5.41, 5.74) is 10.0. The first-order valence-corrected chi connectivity index (χ1v) is 13.4. The van der Waals surface area contributed by atoms with Crippen molar-refractivity contribution in [3.05, 3.63) is 95.3 Å². The van der Waals surface area contributed by atoms with Gasteiger partial charge in [0.15, 0.2) is 0 Å². The molecule has 2 atom stereocenters. The van der Waals surface area contributed by atoms with Gasteiger partial charge in [0.2, 0.25) is 5.91 Å². The van der Waals surface area contributed by atoms with E-state index >= 15 is 0 Å². The minimum absolute atomic E-state index is 0.127. The van der Waals surface area contributed by atoms with E-state index in [1.165, 1.54) is 17.7 Å². The van der Waals surface area contributed by atoms with Crippen molar-refractivity contribution < 1.29 is 14.0 Å². The average molecular weight is 515 g/mol. The van der Waals surface area contributed by atoms with Gasteiger partial charge < -0.3 is 20.9 Å². The normalized spacial score (nSPS) is 19.0. The van der Waals surface area contributed by atoms with Gasteiger partial charge in [-0.15, -0.1) is 0 Å². The summed E-state index contributed by atoms with van der Waals surface area (Å²) in [5, 5.41) is 2.86. The maximum absolute atomic E-state index is 13.2. The molecule has 1 saturated carbocycles. The van der Waals surface area contributed by atoms with Crippen molar-refractivity contribution in [3.63, 3.8) is 0 Å². The number of halogens is 1. The van der Waals surface area contributed by atoms with Crippen LogP contribution < -0.4 is 11.1 Å². The van der Waals surface area contributed by atoms with E-state index in [0.29, 0.717) is 28.8 Å². The highest BCUT2D eigenvalue weighted by atomic mass is 19.1. The molecule has 38 heavy (non-hydrogen) atoms. The van der Waals surface area contributed by atoms with Crippen molar-refractivity contribution >= 4 is 23.2 Å². The number of nitrogens with one attached hydrogen (secondary N) is 1. The number of anilines is 2. The lowest BCUT2D eigenvalue weighted by molar-refractivity contribution is -0.131. The van der Waals surface area contributed by atoms with Crippen LogP contribution >= 0.6 is 0 Å². The van der Waals surface area contributed by atoms with E-state index in [1.807, 2.05) is 53.4 Å². The Morgan fingerprint density at radius 1 is 1.03 bits per heavy atom. The number of carbonyl (C=O) groups excluding carboxylic acids is 2. The van der Waals surface area contributed by atoms with E-state index in [-0.39, 0.29) is 23.7 Å². The van der Waals surface area contributed by atoms with Gasteiger partial charge in [0, 0.05) is 50.0 Å². The highest BCUT2D eigenvalue weighted by Gasteiger charge is 2.45. The van der Waals surface area contributed by atoms with Crippen LogP contribution in [-0.4, -0.2) is 53.8 Å². The van der Waals surface area contributed by atoms with Crippen molar-refractivity contribution in [3.8, 4) is 0 Å². The number of rotatable bonds is 10. The second kappa shape index (κ2) is 11.4. The molecule has 6 nitrogen and oxygen atoms in total. The SMILES string of the molecule is CC(=O)N(CC1CN(CCCc2ccc(C(=O)Nc3ccccc3N)cc2)C1)C1CC1c1ccc(F)cc1. The smallest absolute Gasteiger partial charge is 0.255 e. The summed E-state index contributed by atoms with van der Waals surface area (Å²) >= 11 is 0. The zero-order valence-corrected chi connectivity index (χ0v) is 21.8. The Bertz CT molecular complexity index is 1270. The van der Waals surface area contributed by atoms with Gasteiger partial charge in [-0.3, -0.25) is 9.59 Å². The van der Waals surface area contributed by atoms with Gasteiger partial charge in [-0.1, -0.05) is 36.4 Å². The molecule has 2 amide bonds. The number of nitrogens with zero attached hydrogens (tertiary/aromatic N) is 2. The second-order valence-corrected chi connectivity index (χ2v) is 10.6. The zero-order valence-electron chi connectivity index (χ0n) is 21.8.